The molecule has 1 atom stereocenters. The van der Waals surface area contributed by atoms with Crippen molar-refractivity contribution in [3.05, 3.63) is 52.8 Å². The molecule has 2 aromatic rings. The number of halogens is 2. The van der Waals surface area contributed by atoms with E-state index in [0.29, 0.717) is 11.3 Å². The van der Waals surface area contributed by atoms with Crippen LogP contribution in [0.5, 0.6) is 11.5 Å². The monoisotopic (exact) mass is 281 g/mol. The largest absolute Gasteiger partial charge is 0.507 e. The maximum Gasteiger partial charge on any atom is 0.126 e. The quantitative estimate of drug-likeness (QED) is 0.795. The molecule has 0 radical (unpaired) electrons. The fourth-order valence-electron chi connectivity index (χ4n) is 1.94. The lowest BCUT2D eigenvalue weighted by atomic mass is 10.1. The predicted molar refractivity (Wildman–Crippen MR) is 73.2 cm³/mol. The fourth-order valence-corrected chi connectivity index (χ4v) is 2.17. The average Bonchev–Trinajstić information content (AvgIpc) is 2.26. The van der Waals surface area contributed by atoms with Crippen LogP contribution in [0.4, 0.5) is 10.1 Å². The summed E-state index contributed by atoms with van der Waals surface area (Å²) in [5, 5.41) is 22.7. The second kappa shape index (κ2) is 5.36. The second-order valence-electron chi connectivity index (χ2n) is 4.23. The van der Waals surface area contributed by atoms with Crippen molar-refractivity contribution < 1.29 is 14.6 Å². The van der Waals surface area contributed by atoms with Crippen LogP contribution in [0.15, 0.2) is 36.4 Å². The van der Waals surface area contributed by atoms with Crippen LogP contribution in [0.3, 0.4) is 0 Å². The van der Waals surface area contributed by atoms with Gasteiger partial charge in [-0.15, -0.1) is 0 Å². The Morgan fingerprint density at radius 2 is 1.79 bits per heavy atom. The molecule has 0 aliphatic heterocycles. The highest BCUT2D eigenvalue weighted by atomic mass is 35.5. The van der Waals surface area contributed by atoms with Gasteiger partial charge in [0.15, 0.2) is 0 Å². The first-order chi connectivity index (χ1) is 8.97. The van der Waals surface area contributed by atoms with Gasteiger partial charge < -0.3 is 15.5 Å². The van der Waals surface area contributed by atoms with E-state index in [1.54, 1.807) is 19.1 Å². The van der Waals surface area contributed by atoms with Crippen molar-refractivity contribution in [2.24, 2.45) is 0 Å². The summed E-state index contributed by atoms with van der Waals surface area (Å²) in [6.45, 7) is 1.74. The predicted octanol–water partition coefficient (Wildman–Crippen LogP) is 4.06. The van der Waals surface area contributed by atoms with E-state index in [0.717, 1.165) is 0 Å². The van der Waals surface area contributed by atoms with Gasteiger partial charge in [0.2, 0.25) is 0 Å². The number of hydrogen-bond donors (Lipinski definition) is 3. The first-order valence-corrected chi connectivity index (χ1v) is 6.08. The Bertz CT molecular complexity index is 563. The molecule has 2 aromatic carbocycles. The highest BCUT2D eigenvalue weighted by Gasteiger charge is 2.15. The Labute approximate surface area is 115 Å². The minimum atomic E-state index is -0.455. The Morgan fingerprint density at radius 1 is 1.16 bits per heavy atom. The number of aromatic hydroxyl groups is 2. The SMILES string of the molecule is CC(Nc1cc(F)cc(Cl)c1)c1c(O)cccc1O. The lowest BCUT2D eigenvalue weighted by Crippen LogP contribution is -2.07. The number of phenols is 2. The van der Waals surface area contributed by atoms with Crippen molar-refractivity contribution >= 4 is 17.3 Å². The van der Waals surface area contributed by atoms with Gasteiger partial charge in [0, 0.05) is 10.7 Å². The normalized spacial score (nSPS) is 12.2. The van der Waals surface area contributed by atoms with Crippen molar-refractivity contribution in [1.29, 1.82) is 0 Å². The third-order valence-electron chi connectivity index (χ3n) is 2.74. The van der Waals surface area contributed by atoms with E-state index < -0.39 is 11.9 Å². The summed E-state index contributed by atoms with van der Waals surface area (Å²) < 4.78 is 13.2. The molecule has 100 valence electrons. The van der Waals surface area contributed by atoms with Crippen molar-refractivity contribution in [3.63, 3.8) is 0 Å². The number of hydrogen-bond acceptors (Lipinski definition) is 3. The van der Waals surface area contributed by atoms with E-state index in [4.69, 9.17) is 11.6 Å². The van der Waals surface area contributed by atoms with Crippen molar-refractivity contribution in [3.8, 4) is 11.5 Å². The molecule has 3 N–H and O–H groups in total. The van der Waals surface area contributed by atoms with Crippen LogP contribution in [-0.2, 0) is 0 Å². The smallest absolute Gasteiger partial charge is 0.126 e. The Balaban J connectivity index is 2.28. The van der Waals surface area contributed by atoms with Crippen molar-refractivity contribution in [2.45, 2.75) is 13.0 Å². The molecule has 0 bridgehead atoms. The van der Waals surface area contributed by atoms with E-state index >= 15 is 0 Å². The second-order valence-corrected chi connectivity index (χ2v) is 4.67. The Kier molecular flexibility index (Phi) is 3.81. The fraction of sp³-hybridized carbons (Fsp3) is 0.143. The zero-order valence-corrected chi connectivity index (χ0v) is 10.9. The molecule has 2 rings (SSSR count). The molecule has 0 saturated carbocycles. The minimum Gasteiger partial charge on any atom is -0.507 e. The van der Waals surface area contributed by atoms with E-state index in [1.165, 1.54) is 24.3 Å². The number of nitrogens with one attached hydrogen (secondary N) is 1. The summed E-state index contributed by atoms with van der Waals surface area (Å²) in [4.78, 5) is 0. The Hall–Kier alpha value is -1.94. The van der Waals surface area contributed by atoms with Gasteiger partial charge in [0.05, 0.1) is 11.6 Å². The topological polar surface area (TPSA) is 52.5 Å². The first-order valence-electron chi connectivity index (χ1n) is 5.71. The van der Waals surface area contributed by atoms with Crippen molar-refractivity contribution in [2.75, 3.05) is 5.32 Å². The molecule has 0 saturated heterocycles. The standard InChI is InChI=1S/C14H13ClFNO2/c1-8(14-12(18)3-2-4-13(14)19)17-11-6-9(15)5-10(16)7-11/h2-8,17-19H,1H3. The zero-order valence-electron chi connectivity index (χ0n) is 10.2. The third kappa shape index (κ3) is 3.09. The lowest BCUT2D eigenvalue weighted by Gasteiger charge is -2.18. The van der Waals surface area contributed by atoms with Gasteiger partial charge in [0.25, 0.3) is 0 Å². The van der Waals surface area contributed by atoms with Crippen LogP contribution < -0.4 is 5.32 Å². The lowest BCUT2D eigenvalue weighted by molar-refractivity contribution is 0.434. The van der Waals surface area contributed by atoms with E-state index in [2.05, 4.69) is 5.32 Å². The first kappa shape index (κ1) is 13.5. The molecule has 0 aromatic heterocycles. The highest BCUT2D eigenvalue weighted by Crippen LogP contribution is 2.34. The molecule has 0 spiro atoms. The van der Waals surface area contributed by atoms with Crippen LogP contribution in [-0.4, -0.2) is 10.2 Å². The molecule has 3 nitrogen and oxygen atoms in total. The number of rotatable bonds is 3. The van der Waals surface area contributed by atoms with Gasteiger partial charge >= 0.3 is 0 Å². The minimum absolute atomic E-state index is 0.0255. The highest BCUT2D eigenvalue weighted by molar-refractivity contribution is 6.30. The summed E-state index contributed by atoms with van der Waals surface area (Å²) in [5.74, 6) is -0.506. The molecule has 0 amide bonds. The van der Waals surface area contributed by atoms with Gasteiger partial charge in [-0.2, -0.15) is 0 Å². The zero-order chi connectivity index (χ0) is 14.0. The van der Waals surface area contributed by atoms with Crippen molar-refractivity contribution in [1.82, 2.24) is 0 Å². The van der Waals surface area contributed by atoms with Gasteiger partial charge in [-0.1, -0.05) is 17.7 Å². The molecule has 0 heterocycles. The van der Waals surface area contributed by atoms with Crippen LogP contribution >= 0.6 is 11.6 Å². The number of phenolic OH excluding ortho intramolecular Hbond substituents is 2. The summed E-state index contributed by atoms with van der Waals surface area (Å²) in [6.07, 6.45) is 0. The van der Waals surface area contributed by atoms with Crippen LogP contribution in [0.2, 0.25) is 5.02 Å². The Morgan fingerprint density at radius 3 is 2.37 bits per heavy atom. The van der Waals surface area contributed by atoms with Crippen LogP contribution in [0.25, 0.3) is 0 Å². The van der Waals surface area contributed by atoms with Gasteiger partial charge in [-0.05, 0) is 37.3 Å². The molecule has 0 aliphatic carbocycles. The molecule has 5 heteroatoms. The van der Waals surface area contributed by atoms with Gasteiger partial charge in [-0.25, -0.2) is 4.39 Å². The van der Waals surface area contributed by atoms with Crippen LogP contribution in [0.1, 0.15) is 18.5 Å². The molecule has 0 fully saturated rings. The molecular weight excluding hydrogens is 269 g/mol. The molecule has 1 unspecified atom stereocenters. The summed E-state index contributed by atoms with van der Waals surface area (Å²) in [7, 11) is 0. The molecule has 0 aliphatic rings. The summed E-state index contributed by atoms with van der Waals surface area (Å²) in [6, 6.07) is 8.16. The number of anilines is 1. The van der Waals surface area contributed by atoms with Gasteiger partial charge in [0.1, 0.15) is 17.3 Å². The van der Waals surface area contributed by atoms with Gasteiger partial charge in [-0.3, -0.25) is 0 Å². The molecule has 19 heavy (non-hydrogen) atoms. The summed E-state index contributed by atoms with van der Waals surface area (Å²) >= 11 is 5.76. The third-order valence-corrected chi connectivity index (χ3v) is 2.96. The number of benzene rings is 2. The average molecular weight is 282 g/mol. The maximum atomic E-state index is 13.2. The van der Waals surface area contributed by atoms with E-state index in [9.17, 15) is 14.6 Å². The molecular formula is C14H13ClFNO2. The van der Waals surface area contributed by atoms with E-state index in [1.807, 2.05) is 0 Å². The van der Waals surface area contributed by atoms with E-state index in [-0.39, 0.29) is 16.5 Å². The summed E-state index contributed by atoms with van der Waals surface area (Å²) in [5.41, 5.74) is 0.822. The maximum absolute atomic E-state index is 13.2. The van der Waals surface area contributed by atoms with Crippen LogP contribution in [0, 0.1) is 5.82 Å².